The van der Waals surface area contributed by atoms with Crippen molar-refractivity contribution < 1.29 is 9.53 Å². The average molecular weight is 245 g/mol. The number of rotatable bonds is 2. The summed E-state index contributed by atoms with van der Waals surface area (Å²) in [5.41, 5.74) is 1.51. The lowest BCUT2D eigenvalue weighted by atomic mass is 9.80. The Morgan fingerprint density at radius 2 is 2.17 bits per heavy atom. The van der Waals surface area contributed by atoms with Crippen LogP contribution in [0.25, 0.3) is 6.08 Å². The Kier molecular flexibility index (Phi) is 3.53. The van der Waals surface area contributed by atoms with Crippen molar-refractivity contribution in [2.75, 3.05) is 20.2 Å². The summed E-state index contributed by atoms with van der Waals surface area (Å²) < 4.78 is 5.18. The lowest BCUT2D eigenvalue weighted by Gasteiger charge is -2.30. The van der Waals surface area contributed by atoms with E-state index in [0.29, 0.717) is 6.54 Å². The van der Waals surface area contributed by atoms with Crippen molar-refractivity contribution in [1.29, 1.82) is 0 Å². The number of carbonyl (C=O) groups is 1. The second-order valence-corrected chi connectivity index (χ2v) is 5.26. The second-order valence-electron chi connectivity index (χ2n) is 5.26. The fraction of sp³-hybridized carbons (Fsp3) is 0.400. The highest BCUT2D eigenvalue weighted by molar-refractivity contribution is 6.04. The molecule has 2 rings (SSSR count). The third-order valence-electron chi connectivity index (χ3n) is 3.22. The first kappa shape index (κ1) is 12.8. The van der Waals surface area contributed by atoms with Gasteiger partial charge in [0.2, 0.25) is 0 Å². The fourth-order valence-electron chi connectivity index (χ4n) is 2.15. The van der Waals surface area contributed by atoms with Gasteiger partial charge in [-0.3, -0.25) is 4.79 Å². The first-order chi connectivity index (χ1) is 8.53. The maximum absolute atomic E-state index is 12.3. The number of nitrogens with one attached hydrogen (secondary N) is 1. The van der Waals surface area contributed by atoms with E-state index in [-0.39, 0.29) is 11.2 Å². The summed E-state index contributed by atoms with van der Waals surface area (Å²) in [6.07, 6.45) is 1.94. The van der Waals surface area contributed by atoms with Crippen LogP contribution in [-0.4, -0.2) is 26.0 Å². The van der Waals surface area contributed by atoms with Crippen LogP contribution >= 0.6 is 0 Å². The molecule has 0 saturated carbocycles. The van der Waals surface area contributed by atoms with Crippen LogP contribution in [0.15, 0.2) is 29.8 Å². The number of Topliss-reactive ketones (excluding diaryl/α,β-unsaturated/α-hetero) is 1. The van der Waals surface area contributed by atoms with Crippen LogP contribution in [0.1, 0.15) is 19.4 Å². The van der Waals surface area contributed by atoms with Crippen LogP contribution in [0.3, 0.4) is 0 Å². The maximum Gasteiger partial charge on any atom is 0.167 e. The first-order valence-electron chi connectivity index (χ1n) is 6.13. The molecule has 0 atom stereocenters. The molecule has 0 bridgehead atoms. The molecule has 1 aromatic rings. The molecule has 1 N–H and O–H groups in total. The molecule has 3 heteroatoms. The number of hydrogen-bond donors (Lipinski definition) is 1. The normalized spacial score (nSPS) is 21.1. The van der Waals surface area contributed by atoms with Gasteiger partial charge in [0.05, 0.1) is 7.11 Å². The molecule has 0 radical (unpaired) electrons. The van der Waals surface area contributed by atoms with Crippen LogP contribution < -0.4 is 10.1 Å². The third-order valence-corrected chi connectivity index (χ3v) is 3.22. The quantitative estimate of drug-likeness (QED) is 0.812. The number of ketones is 1. The zero-order valence-electron chi connectivity index (χ0n) is 11.1. The van der Waals surface area contributed by atoms with Gasteiger partial charge in [0, 0.05) is 24.1 Å². The smallest absolute Gasteiger partial charge is 0.167 e. The third kappa shape index (κ3) is 2.62. The molecular weight excluding hydrogens is 226 g/mol. The number of ether oxygens (including phenoxy) is 1. The molecule has 18 heavy (non-hydrogen) atoms. The molecule has 1 heterocycles. The summed E-state index contributed by atoms with van der Waals surface area (Å²) in [6, 6.07) is 7.73. The molecular formula is C15H19NO2. The Labute approximate surface area is 108 Å². The van der Waals surface area contributed by atoms with Crippen LogP contribution in [0.4, 0.5) is 0 Å². The van der Waals surface area contributed by atoms with Gasteiger partial charge in [0.25, 0.3) is 0 Å². The van der Waals surface area contributed by atoms with E-state index in [1.54, 1.807) is 7.11 Å². The van der Waals surface area contributed by atoms with E-state index in [9.17, 15) is 4.79 Å². The number of hydrogen-bond acceptors (Lipinski definition) is 3. The van der Waals surface area contributed by atoms with Crippen molar-refractivity contribution in [3.05, 3.63) is 35.4 Å². The lowest BCUT2D eigenvalue weighted by Crippen LogP contribution is -2.44. The van der Waals surface area contributed by atoms with E-state index in [4.69, 9.17) is 4.74 Å². The standard InChI is InChI=1S/C15H19NO2/c1-15(2)10-16-9-12(14(15)17)7-11-5-4-6-13(8-11)18-3/h4-8,16H,9-10H2,1-3H3/b12-7+. The minimum atomic E-state index is -0.317. The fourth-order valence-corrected chi connectivity index (χ4v) is 2.15. The molecule has 0 aromatic heterocycles. The van der Waals surface area contributed by atoms with Crippen molar-refractivity contribution in [2.45, 2.75) is 13.8 Å². The van der Waals surface area contributed by atoms with Gasteiger partial charge < -0.3 is 10.1 Å². The Bertz CT molecular complexity index is 489. The highest BCUT2D eigenvalue weighted by Gasteiger charge is 2.33. The SMILES string of the molecule is COc1cccc(/C=C2\CNCC(C)(C)C2=O)c1. The molecule has 1 aromatic carbocycles. The van der Waals surface area contributed by atoms with Gasteiger partial charge in [-0.05, 0) is 23.8 Å². The van der Waals surface area contributed by atoms with Gasteiger partial charge in [0.1, 0.15) is 5.75 Å². The summed E-state index contributed by atoms with van der Waals surface area (Å²) >= 11 is 0. The highest BCUT2D eigenvalue weighted by atomic mass is 16.5. The Balaban J connectivity index is 2.29. The molecule has 1 fully saturated rings. The van der Waals surface area contributed by atoms with Crippen molar-refractivity contribution in [3.8, 4) is 5.75 Å². The molecule has 0 unspecified atom stereocenters. The summed E-state index contributed by atoms with van der Waals surface area (Å²) in [4.78, 5) is 12.3. The van der Waals surface area contributed by atoms with E-state index in [1.165, 1.54) is 0 Å². The maximum atomic E-state index is 12.3. The summed E-state index contributed by atoms with van der Waals surface area (Å²) in [5, 5.41) is 3.28. The Morgan fingerprint density at radius 3 is 2.89 bits per heavy atom. The minimum absolute atomic E-state index is 0.226. The van der Waals surface area contributed by atoms with Gasteiger partial charge in [-0.2, -0.15) is 0 Å². The Morgan fingerprint density at radius 1 is 1.39 bits per heavy atom. The molecule has 1 saturated heterocycles. The van der Waals surface area contributed by atoms with E-state index in [1.807, 2.05) is 44.2 Å². The zero-order valence-corrected chi connectivity index (χ0v) is 11.1. The van der Waals surface area contributed by atoms with E-state index in [0.717, 1.165) is 23.4 Å². The monoisotopic (exact) mass is 245 g/mol. The zero-order chi connectivity index (χ0) is 13.2. The summed E-state index contributed by atoms with van der Waals surface area (Å²) in [6.45, 7) is 5.32. The van der Waals surface area contributed by atoms with Gasteiger partial charge in [-0.15, -0.1) is 0 Å². The minimum Gasteiger partial charge on any atom is -0.497 e. The van der Waals surface area contributed by atoms with Gasteiger partial charge in [0.15, 0.2) is 5.78 Å². The summed E-state index contributed by atoms with van der Waals surface area (Å²) in [7, 11) is 1.64. The van der Waals surface area contributed by atoms with Crippen molar-refractivity contribution in [2.24, 2.45) is 5.41 Å². The van der Waals surface area contributed by atoms with E-state index >= 15 is 0 Å². The molecule has 1 aliphatic heterocycles. The van der Waals surface area contributed by atoms with E-state index in [2.05, 4.69) is 5.32 Å². The van der Waals surface area contributed by atoms with Crippen LogP contribution in [0.5, 0.6) is 5.75 Å². The second kappa shape index (κ2) is 4.94. The van der Waals surface area contributed by atoms with Crippen LogP contribution in [-0.2, 0) is 4.79 Å². The molecule has 3 nitrogen and oxygen atoms in total. The molecule has 1 aliphatic rings. The first-order valence-corrected chi connectivity index (χ1v) is 6.13. The largest absolute Gasteiger partial charge is 0.497 e. The number of piperidine rings is 1. The van der Waals surface area contributed by atoms with Crippen molar-refractivity contribution in [1.82, 2.24) is 5.32 Å². The van der Waals surface area contributed by atoms with Crippen LogP contribution in [0, 0.1) is 5.41 Å². The number of carbonyl (C=O) groups excluding carboxylic acids is 1. The van der Waals surface area contributed by atoms with Crippen LogP contribution in [0.2, 0.25) is 0 Å². The summed E-state index contributed by atoms with van der Waals surface area (Å²) in [5.74, 6) is 1.03. The average Bonchev–Trinajstić information content (AvgIpc) is 2.35. The van der Waals surface area contributed by atoms with Gasteiger partial charge >= 0.3 is 0 Å². The molecule has 0 amide bonds. The Hall–Kier alpha value is -1.61. The number of methoxy groups -OCH3 is 1. The molecule has 96 valence electrons. The molecule has 0 aliphatic carbocycles. The van der Waals surface area contributed by atoms with Crippen molar-refractivity contribution in [3.63, 3.8) is 0 Å². The predicted molar refractivity (Wildman–Crippen MR) is 72.6 cm³/mol. The lowest BCUT2D eigenvalue weighted by molar-refractivity contribution is -0.124. The number of benzene rings is 1. The predicted octanol–water partition coefficient (Wildman–Crippen LogP) is 2.28. The topological polar surface area (TPSA) is 38.3 Å². The van der Waals surface area contributed by atoms with E-state index < -0.39 is 0 Å². The van der Waals surface area contributed by atoms with Gasteiger partial charge in [-0.25, -0.2) is 0 Å². The van der Waals surface area contributed by atoms with Crippen molar-refractivity contribution >= 4 is 11.9 Å². The molecule has 0 spiro atoms. The van der Waals surface area contributed by atoms with Gasteiger partial charge in [-0.1, -0.05) is 26.0 Å². The highest BCUT2D eigenvalue weighted by Crippen LogP contribution is 2.25.